The lowest BCUT2D eigenvalue weighted by Crippen LogP contribution is -2.07. The van der Waals surface area contributed by atoms with Crippen LogP contribution in [0.3, 0.4) is 0 Å². The van der Waals surface area contributed by atoms with E-state index in [4.69, 9.17) is 10.5 Å². The van der Waals surface area contributed by atoms with Crippen molar-refractivity contribution < 1.29 is 0 Å². The molecule has 2 aromatic rings. The Balaban J connectivity index is 2.65. The molecule has 0 aliphatic carbocycles. The lowest BCUT2D eigenvalue weighted by atomic mass is 10.1. The summed E-state index contributed by atoms with van der Waals surface area (Å²) in [7, 11) is 0. The molecule has 0 atom stereocenters. The number of pyridine rings is 1. The van der Waals surface area contributed by atoms with E-state index in [0.29, 0.717) is 11.3 Å². The molecule has 0 aromatic carbocycles. The molecule has 5 nitrogen and oxygen atoms in total. The SMILES string of the molecule is CCc1cc(C#N)cnc1-c1cc(C#N)nn1C(C)C. The highest BCUT2D eigenvalue weighted by molar-refractivity contribution is 5.62. The molecule has 0 radical (unpaired) electrons. The third kappa shape index (κ3) is 2.39. The molecule has 0 unspecified atom stereocenters. The second-order valence-electron chi connectivity index (χ2n) is 4.76. The molecule has 0 N–H and O–H groups in total. The normalized spacial score (nSPS) is 10.3. The Bertz CT molecular complexity index is 713. The summed E-state index contributed by atoms with van der Waals surface area (Å²) >= 11 is 0. The van der Waals surface area contributed by atoms with Crippen molar-refractivity contribution in [3.05, 3.63) is 35.2 Å². The van der Waals surface area contributed by atoms with Crippen LogP contribution in [0.1, 0.15) is 43.6 Å². The van der Waals surface area contributed by atoms with Crippen LogP contribution < -0.4 is 0 Å². The first-order chi connectivity index (χ1) is 9.60. The van der Waals surface area contributed by atoms with E-state index >= 15 is 0 Å². The monoisotopic (exact) mass is 265 g/mol. The number of aromatic nitrogens is 3. The minimum Gasteiger partial charge on any atom is -0.259 e. The van der Waals surface area contributed by atoms with Gasteiger partial charge < -0.3 is 0 Å². The third-order valence-corrected chi connectivity index (χ3v) is 3.06. The minimum absolute atomic E-state index is 0.134. The molecule has 0 saturated heterocycles. The highest BCUT2D eigenvalue weighted by atomic mass is 15.3. The lowest BCUT2D eigenvalue weighted by Gasteiger charge is -2.12. The van der Waals surface area contributed by atoms with Gasteiger partial charge in [0, 0.05) is 18.3 Å². The molecule has 0 fully saturated rings. The van der Waals surface area contributed by atoms with Gasteiger partial charge in [-0.05, 0) is 31.9 Å². The topological polar surface area (TPSA) is 78.3 Å². The Labute approximate surface area is 118 Å². The van der Waals surface area contributed by atoms with Crippen LogP contribution >= 0.6 is 0 Å². The summed E-state index contributed by atoms with van der Waals surface area (Å²) in [5.41, 5.74) is 3.51. The van der Waals surface area contributed by atoms with Crippen LogP contribution in [-0.4, -0.2) is 14.8 Å². The molecule has 2 heterocycles. The Morgan fingerprint density at radius 3 is 2.55 bits per heavy atom. The Morgan fingerprint density at radius 2 is 2.00 bits per heavy atom. The van der Waals surface area contributed by atoms with Gasteiger partial charge >= 0.3 is 0 Å². The predicted molar refractivity (Wildman–Crippen MR) is 74.7 cm³/mol. The molecular formula is C15H15N5. The summed E-state index contributed by atoms with van der Waals surface area (Å²) in [4.78, 5) is 4.39. The molecule has 2 aromatic heterocycles. The van der Waals surface area contributed by atoms with E-state index in [1.807, 2.05) is 26.8 Å². The smallest absolute Gasteiger partial charge is 0.163 e. The number of nitrogens with zero attached hydrogens (tertiary/aromatic N) is 5. The molecule has 100 valence electrons. The molecular weight excluding hydrogens is 250 g/mol. The standard InChI is InChI=1S/C15H15N5/c1-4-12-5-11(7-16)9-18-15(12)14-6-13(8-17)19-20(14)10(2)3/h5-6,9-10H,4H2,1-3H3. The van der Waals surface area contributed by atoms with Crippen molar-refractivity contribution in [2.45, 2.75) is 33.2 Å². The van der Waals surface area contributed by atoms with Crippen molar-refractivity contribution in [1.29, 1.82) is 10.5 Å². The molecule has 0 aliphatic rings. The Morgan fingerprint density at radius 1 is 1.25 bits per heavy atom. The van der Waals surface area contributed by atoms with Gasteiger partial charge in [0.15, 0.2) is 5.69 Å². The zero-order valence-corrected chi connectivity index (χ0v) is 11.8. The molecule has 0 aliphatic heterocycles. The van der Waals surface area contributed by atoms with Gasteiger partial charge in [-0.1, -0.05) is 6.92 Å². The van der Waals surface area contributed by atoms with Crippen molar-refractivity contribution >= 4 is 0 Å². The van der Waals surface area contributed by atoms with Crippen LogP contribution in [0, 0.1) is 22.7 Å². The fourth-order valence-electron chi connectivity index (χ4n) is 2.09. The van der Waals surface area contributed by atoms with Crippen LogP contribution in [0.2, 0.25) is 0 Å². The van der Waals surface area contributed by atoms with Crippen LogP contribution in [0.5, 0.6) is 0 Å². The minimum atomic E-state index is 0.134. The number of aryl methyl sites for hydroxylation is 1. The molecule has 0 saturated carbocycles. The van der Waals surface area contributed by atoms with E-state index in [-0.39, 0.29) is 6.04 Å². The molecule has 5 heteroatoms. The highest BCUT2D eigenvalue weighted by Gasteiger charge is 2.16. The summed E-state index contributed by atoms with van der Waals surface area (Å²) < 4.78 is 1.80. The zero-order valence-electron chi connectivity index (χ0n) is 11.8. The van der Waals surface area contributed by atoms with Crippen LogP contribution in [0.15, 0.2) is 18.3 Å². The fraction of sp³-hybridized carbons (Fsp3) is 0.333. The van der Waals surface area contributed by atoms with Crippen LogP contribution in [0.4, 0.5) is 0 Å². The van der Waals surface area contributed by atoms with Crippen LogP contribution in [0.25, 0.3) is 11.4 Å². The van der Waals surface area contributed by atoms with Gasteiger partial charge in [-0.15, -0.1) is 0 Å². The summed E-state index contributed by atoms with van der Waals surface area (Å²) in [5, 5.41) is 22.2. The van der Waals surface area contributed by atoms with Crippen LogP contribution in [-0.2, 0) is 6.42 Å². The van der Waals surface area contributed by atoms with Crippen molar-refractivity contribution in [2.75, 3.05) is 0 Å². The number of hydrogen-bond acceptors (Lipinski definition) is 4. The van der Waals surface area contributed by atoms with Gasteiger partial charge in [-0.25, -0.2) is 0 Å². The van der Waals surface area contributed by atoms with Crippen molar-refractivity contribution in [2.24, 2.45) is 0 Å². The van der Waals surface area contributed by atoms with Gasteiger partial charge in [-0.3, -0.25) is 9.67 Å². The summed E-state index contributed by atoms with van der Waals surface area (Å²) in [6.07, 6.45) is 2.32. The fourth-order valence-corrected chi connectivity index (χ4v) is 2.09. The Kier molecular flexibility index (Phi) is 3.81. The van der Waals surface area contributed by atoms with Crippen molar-refractivity contribution in [3.8, 4) is 23.5 Å². The number of nitriles is 2. The predicted octanol–water partition coefficient (Wildman–Crippen LogP) is 2.83. The second-order valence-corrected chi connectivity index (χ2v) is 4.76. The second kappa shape index (κ2) is 5.54. The van der Waals surface area contributed by atoms with E-state index in [2.05, 4.69) is 22.2 Å². The maximum absolute atomic E-state index is 9.02. The average molecular weight is 265 g/mol. The van der Waals surface area contributed by atoms with E-state index in [1.54, 1.807) is 16.9 Å². The van der Waals surface area contributed by atoms with E-state index in [9.17, 15) is 0 Å². The first-order valence-electron chi connectivity index (χ1n) is 6.49. The van der Waals surface area contributed by atoms with Gasteiger partial charge in [0.25, 0.3) is 0 Å². The largest absolute Gasteiger partial charge is 0.259 e. The summed E-state index contributed by atoms with van der Waals surface area (Å²) in [6, 6.07) is 7.87. The maximum Gasteiger partial charge on any atom is 0.163 e. The molecule has 0 amide bonds. The van der Waals surface area contributed by atoms with Gasteiger partial charge in [0.1, 0.15) is 12.1 Å². The zero-order chi connectivity index (χ0) is 14.7. The quantitative estimate of drug-likeness (QED) is 0.854. The van der Waals surface area contributed by atoms with E-state index in [1.165, 1.54) is 0 Å². The van der Waals surface area contributed by atoms with Crippen molar-refractivity contribution in [1.82, 2.24) is 14.8 Å². The van der Waals surface area contributed by atoms with Gasteiger partial charge in [0.05, 0.1) is 17.0 Å². The third-order valence-electron chi connectivity index (χ3n) is 3.06. The van der Waals surface area contributed by atoms with E-state index in [0.717, 1.165) is 23.4 Å². The average Bonchev–Trinajstić information content (AvgIpc) is 2.90. The number of rotatable bonds is 3. The first kappa shape index (κ1) is 13.8. The summed E-state index contributed by atoms with van der Waals surface area (Å²) in [5.74, 6) is 0. The van der Waals surface area contributed by atoms with Crippen molar-refractivity contribution in [3.63, 3.8) is 0 Å². The first-order valence-corrected chi connectivity index (χ1v) is 6.49. The number of hydrogen-bond donors (Lipinski definition) is 0. The highest BCUT2D eigenvalue weighted by Crippen LogP contribution is 2.26. The lowest BCUT2D eigenvalue weighted by molar-refractivity contribution is 0.536. The van der Waals surface area contributed by atoms with E-state index < -0.39 is 0 Å². The van der Waals surface area contributed by atoms with Gasteiger partial charge in [0.2, 0.25) is 0 Å². The summed E-state index contributed by atoms with van der Waals surface area (Å²) in [6.45, 7) is 6.03. The molecule has 2 rings (SSSR count). The van der Waals surface area contributed by atoms with Gasteiger partial charge in [-0.2, -0.15) is 15.6 Å². The molecule has 0 bridgehead atoms. The maximum atomic E-state index is 9.02. The molecule has 20 heavy (non-hydrogen) atoms. The Hall–Kier alpha value is -2.66. The molecule has 0 spiro atoms.